The van der Waals surface area contributed by atoms with Gasteiger partial charge in [0.1, 0.15) is 0 Å². The van der Waals surface area contributed by atoms with E-state index in [9.17, 15) is 0 Å². The third-order valence-electron chi connectivity index (χ3n) is 2.81. The molecule has 0 aromatic carbocycles. The van der Waals surface area contributed by atoms with Gasteiger partial charge in [0.2, 0.25) is 11.0 Å². The second-order valence-electron chi connectivity index (χ2n) is 6.61. The van der Waals surface area contributed by atoms with E-state index in [-0.39, 0.29) is 10.7 Å². The number of nitrogens with one attached hydrogen (secondary N) is 1. The molecule has 0 saturated carbocycles. The Hall–Kier alpha value is -1.15. The van der Waals surface area contributed by atoms with Crippen LogP contribution in [0.3, 0.4) is 0 Å². The van der Waals surface area contributed by atoms with Crippen molar-refractivity contribution in [3.63, 3.8) is 0 Å². The molecule has 8 heteroatoms. The first kappa shape index (κ1) is 17.2. The van der Waals surface area contributed by atoms with Gasteiger partial charge in [0.15, 0.2) is 10.2 Å². The highest BCUT2D eigenvalue weighted by Gasteiger charge is 2.24. The van der Waals surface area contributed by atoms with Crippen molar-refractivity contribution in [2.45, 2.75) is 56.5 Å². The molecule has 0 fully saturated rings. The first-order chi connectivity index (χ1) is 10.3. The van der Waals surface area contributed by atoms with Crippen molar-refractivity contribution >= 4 is 28.2 Å². The van der Waals surface area contributed by atoms with Crippen LogP contribution in [0.1, 0.15) is 58.5 Å². The zero-order valence-electron chi connectivity index (χ0n) is 13.9. The highest BCUT2D eigenvalue weighted by Crippen LogP contribution is 2.37. The van der Waals surface area contributed by atoms with Crippen molar-refractivity contribution in [1.82, 2.24) is 20.3 Å². The second-order valence-corrected chi connectivity index (χ2v) is 9.18. The van der Waals surface area contributed by atoms with Gasteiger partial charge in [0.25, 0.3) is 0 Å². The van der Waals surface area contributed by atoms with Crippen molar-refractivity contribution < 1.29 is 4.52 Å². The monoisotopic (exact) mass is 341 g/mol. The predicted molar refractivity (Wildman–Crippen MR) is 90.5 cm³/mol. The van der Waals surface area contributed by atoms with Crippen LogP contribution in [0, 0.1) is 5.92 Å². The summed E-state index contributed by atoms with van der Waals surface area (Å²) < 4.78 is 6.27. The maximum atomic E-state index is 5.37. The van der Waals surface area contributed by atoms with Crippen LogP contribution >= 0.6 is 23.1 Å². The van der Waals surface area contributed by atoms with Crippen LogP contribution in [0.15, 0.2) is 8.86 Å². The van der Waals surface area contributed by atoms with Gasteiger partial charge in [-0.25, -0.2) is 0 Å². The lowest BCUT2D eigenvalue weighted by Gasteiger charge is -2.11. The average Bonchev–Trinajstić information content (AvgIpc) is 3.04. The first-order valence-electron chi connectivity index (χ1n) is 7.34. The van der Waals surface area contributed by atoms with Crippen molar-refractivity contribution in [2.24, 2.45) is 5.92 Å². The average molecular weight is 342 g/mol. The Morgan fingerprint density at radius 3 is 2.55 bits per heavy atom. The van der Waals surface area contributed by atoms with Gasteiger partial charge in [-0.05, 0) is 12.8 Å². The summed E-state index contributed by atoms with van der Waals surface area (Å²) >= 11 is 3.13. The fourth-order valence-corrected chi connectivity index (χ4v) is 3.46. The minimum Gasteiger partial charge on any atom is -0.360 e. The normalized spacial score (nSPS) is 13.6. The Morgan fingerprint density at radius 1 is 1.23 bits per heavy atom. The van der Waals surface area contributed by atoms with Crippen molar-refractivity contribution in [2.75, 3.05) is 11.9 Å². The van der Waals surface area contributed by atoms with Crippen molar-refractivity contribution in [3.05, 3.63) is 11.7 Å². The molecule has 0 spiro atoms. The number of hydrogen-bond donors (Lipinski definition) is 1. The molecule has 0 aliphatic rings. The Morgan fingerprint density at radius 2 is 1.95 bits per heavy atom. The van der Waals surface area contributed by atoms with Crippen LogP contribution < -0.4 is 5.32 Å². The standard InChI is InChI=1S/C14H23N5OS2/c1-8(2)7-15-12-17-18-13(22-12)21-9(3)10-16-11(19-20-10)14(4,5)6/h8-9H,7H2,1-6H3,(H,15,17)/t9-/m0/s1. The number of rotatable bonds is 6. The zero-order chi connectivity index (χ0) is 16.3. The van der Waals surface area contributed by atoms with Crippen LogP contribution in [0.25, 0.3) is 0 Å². The van der Waals surface area contributed by atoms with Gasteiger partial charge in [-0.1, -0.05) is 62.9 Å². The van der Waals surface area contributed by atoms with E-state index in [4.69, 9.17) is 4.52 Å². The van der Waals surface area contributed by atoms with Gasteiger partial charge < -0.3 is 9.84 Å². The molecule has 0 amide bonds. The Bertz CT molecular complexity index is 602. The Kier molecular flexibility index (Phi) is 5.44. The summed E-state index contributed by atoms with van der Waals surface area (Å²) in [5.74, 6) is 1.93. The van der Waals surface area contributed by atoms with Gasteiger partial charge in [-0.15, -0.1) is 10.2 Å². The van der Waals surface area contributed by atoms with Gasteiger partial charge in [-0.2, -0.15) is 4.98 Å². The third-order valence-corrected chi connectivity index (χ3v) is 4.86. The Labute approximate surface area is 139 Å². The van der Waals surface area contributed by atoms with Gasteiger partial charge in [0, 0.05) is 12.0 Å². The quantitative estimate of drug-likeness (QED) is 0.791. The molecule has 0 unspecified atom stereocenters. The lowest BCUT2D eigenvalue weighted by atomic mass is 9.96. The molecule has 22 heavy (non-hydrogen) atoms. The van der Waals surface area contributed by atoms with E-state index in [2.05, 4.69) is 60.3 Å². The molecule has 1 N–H and O–H groups in total. The van der Waals surface area contributed by atoms with Crippen LogP contribution in [0.2, 0.25) is 0 Å². The highest BCUT2D eigenvalue weighted by atomic mass is 32.2. The van der Waals surface area contributed by atoms with Crippen molar-refractivity contribution in [1.29, 1.82) is 0 Å². The smallest absolute Gasteiger partial charge is 0.239 e. The van der Waals surface area contributed by atoms with Gasteiger partial charge in [-0.3, -0.25) is 0 Å². The first-order valence-corrected chi connectivity index (χ1v) is 9.03. The molecule has 0 saturated heterocycles. The van der Waals surface area contributed by atoms with Crippen molar-refractivity contribution in [3.8, 4) is 0 Å². The fourth-order valence-electron chi connectivity index (χ4n) is 1.53. The minimum absolute atomic E-state index is 0.0505. The summed E-state index contributed by atoms with van der Waals surface area (Å²) in [7, 11) is 0. The predicted octanol–water partition coefficient (Wildman–Crippen LogP) is 4.14. The van der Waals surface area contributed by atoms with E-state index in [0.29, 0.717) is 11.8 Å². The number of anilines is 1. The minimum atomic E-state index is -0.108. The van der Waals surface area contributed by atoms with E-state index in [0.717, 1.165) is 21.8 Å². The number of thioether (sulfide) groups is 1. The zero-order valence-corrected chi connectivity index (χ0v) is 15.5. The van der Waals surface area contributed by atoms with Gasteiger partial charge in [0.05, 0.1) is 5.25 Å². The lowest BCUT2D eigenvalue weighted by Crippen LogP contribution is -2.13. The number of hydrogen-bond acceptors (Lipinski definition) is 8. The van der Waals surface area contributed by atoms with Gasteiger partial charge >= 0.3 is 0 Å². The molecule has 2 heterocycles. The summed E-state index contributed by atoms with van der Waals surface area (Å²) in [5.41, 5.74) is -0.108. The number of nitrogens with zero attached hydrogens (tertiary/aromatic N) is 4. The van der Waals surface area contributed by atoms with E-state index in [1.54, 1.807) is 23.1 Å². The molecule has 0 aliphatic heterocycles. The number of aromatic nitrogens is 4. The molecular formula is C14H23N5OS2. The molecule has 1 atom stereocenters. The van der Waals surface area contributed by atoms with E-state index < -0.39 is 0 Å². The van der Waals surface area contributed by atoms with Crippen LogP contribution in [0.4, 0.5) is 5.13 Å². The second kappa shape index (κ2) is 6.95. The van der Waals surface area contributed by atoms with Crippen LogP contribution in [-0.4, -0.2) is 26.9 Å². The fraction of sp³-hybridized carbons (Fsp3) is 0.714. The highest BCUT2D eigenvalue weighted by molar-refractivity contribution is 8.01. The lowest BCUT2D eigenvalue weighted by molar-refractivity contribution is 0.364. The summed E-state index contributed by atoms with van der Waals surface area (Å²) in [5, 5.41) is 16.6. The molecule has 6 nitrogen and oxygen atoms in total. The molecule has 2 aromatic rings. The largest absolute Gasteiger partial charge is 0.360 e. The van der Waals surface area contributed by atoms with E-state index in [1.165, 1.54) is 0 Å². The molecule has 2 rings (SSSR count). The SMILES string of the molecule is CC(C)CNc1nnc(S[C@@H](C)c2nc(C(C)(C)C)no2)s1. The molecule has 0 radical (unpaired) electrons. The van der Waals surface area contributed by atoms with Crippen LogP contribution in [-0.2, 0) is 5.41 Å². The van der Waals surface area contributed by atoms with E-state index in [1.807, 2.05) is 6.92 Å². The summed E-state index contributed by atoms with van der Waals surface area (Å²) in [6.45, 7) is 13.5. The molecule has 2 aromatic heterocycles. The molecule has 122 valence electrons. The molecule has 0 aliphatic carbocycles. The summed E-state index contributed by atoms with van der Waals surface area (Å²) in [4.78, 5) is 4.49. The molecule has 0 bridgehead atoms. The Balaban J connectivity index is 1.97. The third kappa shape index (κ3) is 4.67. The topological polar surface area (TPSA) is 76.7 Å². The summed E-state index contributed by atoms with van der Waals surface area (Å²) in [6, 6.07) is 0. The summed E-state index contributed by atoms with van der Waals surface area (Å²) in [6.07, 6.45) is 0. The van der Waals surface area contributed by atoms with E-state index >= 15 is 0 Å². The van der Waals surface area contributed by atoms with Crippen LogP contribution in [0.5, 0.6) is 0 Å². The molecular weight excluding hydrogens is 318 g/mol. The maximum Gasteiger partial charge on any atom is 0.239 e. The maximum absolute atomic E-state index is 5.37.